The lowest BCUT2D eigenvalue weighted by molar-refractivity contribution is -0.111. The van der Waals surface area contributed by atoms with Crippen LogP contribution in [0.25, 0.3) is 6.08 Å². The number of nitrogens with zero attached hydrogens (tertiary/aromatic N) is 1. The average molecular weight is 308 g/mol. The number of aromatic nitrogens is 1. The summed E-state index contributed by atoms with van der Waals surface area (Å²) in [5.74, 6) is -0.784. The Balaban J connectivity index is 2.03. The Morgan fingerprint density at radius 2 is 2.20 bits per heavy atom. The Kier molecular flexibility index (Phi) is 4.65. The summed E-state index contributed by atoms with van der Waals surface area (Å²) in [4.78, 5) is 27.8. The number of hydrogen-bond acceptors (Lipinski definition) is 6. The van der Waals surface area contributed by atoms with Gasteiger partial charge in [-0.25, -0.2) is 9.78 Å². The van der Waals surface area contributed by atoms with Gasteiger partial charge in [-0.05, 0) is 24.4 Å². The lowest BCUT2D eigenvalue weighted by Gasteiger charge is -2.02. The molecular weight excluding hydrogens is 296 g/mol. The van der Waals surface area contributed by atoms with Gasteiger partial charge in [0, 0.05) is 11.5 Å². The Morgan fingerprint density at radius 3 is 2.85 bits per heavy atom. The lowest BCUT2D eigenvalue weighted by Crippen LogP contribution is -2.10. The van der Waals surface area contributed by atoms with Crippen LogP contribution in [0.5, 0.6) is 0 Å². The number of thiazole rings is 1. The number of thiophene rings is 1. The number of carbonyl (C=O) groups is 2. The van der Waals surface area contributed by atoms with Crippen molar-refractivity contribution in [1.82, 2.24) is 4.98 Å². The molecule has 2 aromatic rings. The van der Waals surface area contributed by atoms with Crippen molar-refractivity contribution in [1.29, 1.82) is 0 Å². The third-order valence-corrected chi connectivity index (χ3v) is 4.02. The molecule has 0 atom stereocenters. The molecule has 2 rings (SSSR count). The molecule has 20 heavy (non-hydrogen) atoms. The highest BCUT2D eigenvalue weighted by molar-refractivity contribution is 7.12. The molecule has 0 radical (unpaired) electrons. The molecule has 0 aromatic carbocycles. The summed E-state index contributed by atoms with van der Waals surface area (Å²) in [6, 6.07) is 1.66. The molecule has 0 unspecified atom stereocenters. The zero-order chi connectivity index (χ0) is 14.5. The van der Waals surface area contributed by atoms with Gasteiger partial charge in [-0.2, -0.15) is 0 Å². The monoisotopic (exact) mass is 308 g/mol. The van der Waals surface area contributed by atoms with Gasteiger partial charge in [0.05, 0.1) is 23.5 Å². The highest BCUT2D eigenvalue weighted by Crippen LogP contribution is 2.23. The summed E-state index contributed by atoms with van der Waals surface area (Å²) in [6.07, 6.45) is 3.01. The van der Waals surface area contributed by atoms with Crippen molar-refractivity contribution in [2.24, 2.45) is 0 Å². The maximum Gasteiger partial charge on any atom is 0.350 e. The number of nitrogens with one attached hydrogen (secondary N) is 1. The van der Waals surface area contributed by atoms with E-state index in [0.29, 0.717) is 10.6 Å². The van der Waals surface area contributed by atoms with Gasteiger partial charge in [-0.1, -0.05) is 0 Å². The number of amides is 1. The van der Waals surface area contributed by atoms with Gasteiger partial charge >= 0.3 is 5.97 Å². The van der Waals surface area contributed by atoms with E-state index in [1.165, 1.54) is 35.9 Å². The molecule has 0 saturated heterocycles. The molecule has 0 bridgehead atoms. The summed E-state index contributed by atoms with van der Waals surface area (Å²) in [5.41, 5.74) is 1.19. The van der Waals surface area contributed by atoms with Crippen LogP contribution in [0.15, 0.2) is 22.9 Å². The quantitative estimate of drug-likeness (QED) is 0.696. The second kappa shape index (κ2) is 6.44. The fraction of sp³-hybridized carbons (Fsp3) is 0.154. The number of carbonyl (C=O) groups excluding carboxylic acids is 2. The summed E-state index contributed by atoms with van der Waals surface area (Å²) in [5, 5.41) is 7.17. The van der Waals surface area contributed by atoms with Gasteiger partial charge < -0.3 is 10.1 Å². The van der Waals surface area contributed by atoms with Crippen LogP contribution < -0.4 is 5.32 Å². The number of ether oxygens (including phenoxy) is 1. The van der Waals surface area contributed by atoms with Gasteiger partial charge in [0.1, 0.15) is 4.88 Å². The predicted molar refractivity (Wildman–Crippen MR) is 80.2 cm³/mol. The van der Waals surface area contributed by atoms with Gasteiger partial charge in [-0.3, -0.25) is 4.79 Å². The van der Waals surface area contributed by atoms with Crippen LogP contribution in [0.4, 0.5) is 5.69 Å². The summed E-state index contributed by atoms with van der Waals surface area (Å²) >= 11 is 2.74. The van der Waals surface area contributed by atoms with Crippen LogP contribution >= 0.6 is 22.7 Å². The minimum atomic E-state index is -0.464. The Morgan fingerprint density at radius 1 is 1.40 bits per heavy atom. The Labute approximate surface area is 123 Å². The number of anilines is 1. The maximum atomic E-state index is 11.8. The number of esters is 1. The molecule has 1 amide bonds. The smallest absolute Gasteiger partial charge is 0.350 e. The van der Waals surface area contributed by atoms with Gasteiger partial charge in [-0.15, -0.1) is 22.7 Å². The van der Waals surface area contributed by atoms with Crippen molar-refractivity contribution >= 4 is 46.3 Å². The normalized spacial score (nSPS) is 10.7. The molecular formula is C13H12N2O3S2. The topological polar surface area (TPSA) is 68.3 Å². The van der Waals surface area contributed by atoms with E-state index in [-0.39, 0.29) is 5.91 Å². The van der Waals surface area contributed by atoms with E-state index < -0.39 is 5.97 Å². The largest absolute Gasteiger partial charge is 0.465 e. The molecule has 2 aromatic heterocycles. The SMILES string of the molecule is COC(=O)c1sccc1NC(=O)/C=C/c1csc(C)n1. The fourth-order valence-electron chi connectivity index (χ4n) is 1.45. The highest BCUT2D eigenvalue weighted by atomic mass is 32.1. The second-order valence-electron chi connectivity index (χ2n) is 3.77. The first-order valence-corrected chi connectivity index (χ1v) is 7.43. The molecule has 2 heterocycles. The van der Waals surface area contributed by atoms with Gasteiger partial charge in [0.15, 0.2) is 0 Å². The van der Waals surface area contributed by atoms with Gasteiger partial charge in [0.2, 0.25) is 5.91 Å². The molecule has 0 saturated carbocycles. The third-order valence-electron chi connectivity index (χ3n) is 2.34. The number of rotatable bonds is 4. The van der Waals surface area contributed by atoms with Crippen LogP contribution in [-0.4, -0.2) is 24.0 Å². The number of hydrogen-bond donors (Lipinski definition) is 1. The standard InChI is InChI=1S/C13H12N2O3S2/c1-8-14-9(7-20-8)3-4-11(16)15-10-5-6-19-12(10)13(17)18-2/h3-7H,1-2H3,(H,15,16)/b4-3+. The second-order valence-corrected chi connectivity index (χ2v) is 5.75. The molecule has 7 heteroatoms. The zero-order valence-electron chi connectivity index (χ0n) is 10.9. The first-order chi connectivity index (χ1) is 9.60. The molecule has 0 spiro atoms. The Bertz CT molecular complexity index is 658. The maximum absolute atomic E-state index is 11.8. The van der Waals surface area contributed by atoms with Crippen molar-refractivity contribution in [2.75, 3.05) is 12.4 Å². The van der Waals surface area contributed by atoms with E-state index in [1.807, 2.05) is 12.3 Å². The minimum absolute atomic E-state index is 0.320. The first-order valence-electron chi connectivity index (χ1n) is 5.67. The Hall–Kier alpha value is -1.99. The van der Waals surface area contributed by atoms with E-state index in [4.69, 9.17) is 0 Å². The number of methoxy groups -OCH3 is 1. The van der Waals surface area contributed by atoms with E-state index >= 15 is 0 Å². The molecule has 5 nitrogen and oxygen atoms in total. The summed E-state index contributed by atoms with van der Waals surface area (Å²) in [6.45, 7) is 1.90. The third kappa shape index (κ3) is 3.52. The zero-order valence-corrected chi connectivity index (χ0v) is 12.5. The molecule has 104 valence electrons. The number of aryl methyl sites for hydroxylation is 1. The molecule has 0 fully saturated rings. The van der Waals surface area contributed by atoms with E-state index in [9.17, 15) is 9.59 Å². The van der Waals surface area contributed by atoms with E-state index in [0.717, 1.165) is 10.7 Å². The van der Waals surface area contributed by atoms with Crippen molar-refractivity contribution < 1.29 is 14.3 Å². The highest BCUT2D eigenvalue weighted by Gasteiger charge is 2.14. The van der Waals surface area contributed by atoms with Crippen molar-refractivity contribution in [3.8, 4) is 0 Å². The van der Waals surface area contributed by atoms with E-state index in [2.05, 4.69) is 15.0 Å². The van der Waals surface area contributed by atoms with Gasteiger partial charge in [0.25, 0.3) is 0 Å². The molecule has 1 N–H and O–H groups in total. The van der Waals surface area contributed by atoms with E-state index in [1.54, 1.807) is 17.5 Å². The van der Waals surface area contributed by atoms with Crippen LogP contribution in [0.2, 0.25) is 0 Å². The van der Waals surface area contributed by atoms with Crippen molar-refractivity contribution in [3.05, 3.63) is 38.5 Å². The summed E-state index contributed by atoms with van der Waals surface area (Å²) < 4.78 is 4.64. The average Bonchev–Trinajstić information content (AvgIpc) is 3.04. The first kappa shape index (κ1) is 14.4. The van der Waals surface area contributed by atoms with Crippen LogP contribution in [-0.2, 0) is 9.53 Å². The fourth-order valence-corrected chi connectivity index (χ4v) is 2.80. The van der Waals surface area contributed by atoms with Crippen LogP contribution in [0.3, 0.4) is 0 Å². The minimum Gasteiger partial charge on any atom is -0.465 e. The van der Waals surface area contributed by atoms with Crippen LogP contribution in [0.1, 0.15) is 20.4 Å². The van der Waals surface area contributed by atoms with Crippen LogP contribution in [0, 0.1) is 6.92 Å². The van der Waals surface area contributed by atoms with Crippen molar-refractivity contribution in [3.63, 3.8) is 0 Å². The lowest BCUT2D eigenvalue weighted by atomic mass is 10.3. The van der Waals surface area contributed by atoms with Crippen molar-refractivity contribution in [2.45, 2.75) is 6.92 Å². The predicted octanol–water partition coefficient (Wildman–Crippen LogP) is 2.95. The molecule has 0 aliphatic carbocycles. The summed E-state index contributed by atoms with van der Waals surface area (Å²) in [7, 11) is 1.30. The molecule has 0 aliphatic heterocycles. The molecule has 0 aliphatic rings.